The third-order valence-corrected chi connectivity index (χ3v) is 2.31. The number of carbonyl (C=O) groups is 1. The highest BCUT2D eigenvalue weighted by Crippen LogP contribution is 2.14. The summed E-state index contributed by atoms with van der Waals surface area (Å²) in [5.41, 5.74) is -0.547. The van der Waals surface area contributed by atoms with E-state index < -0.39 is 35.0 Å². The van der Waals surface area contributed by atoms with Crippen LogP contribution in [0.2, 0.25) is 0 Å². The van der Waals surface area contributed by atoms with Crippen molar-refractivity contribution in [3.8, 4) is 0 Å². The molecule has 0 spiro atoms. The van der Waals surface area contributed by atoms with E-state index in [1.165, 1.54) is 0 Å². The van der Waals surface area contributed by atoms with Gasteiger partial charge in [-0.3, -0.25) is 4.79 Å². The van der Waals surface area contributed by atoms with Crippen LogP contribution in [0.3, 0.4) is 0 Å². The van der Waals surface area contributed by atoms with Crippen molar-refractivity contribution >= 4 is 5.91 Å². The zero-order valence-corrected chi connectivity index (χ0v) is 10.3. The lowest BCUT2D eigenvalue weighted by Gasteiger charge is -2.09. The molecule has 7 heteroatoms. The Kier molecular flexibility index (Phi) is 5.78. The molecule has 19 heavy (non-hydrogen) atoms. The number of rotatable bonds is 6. The highest BCUT2D eigenvalue weighted by molar-refractivity contribution is 5.94. The van der Waals surface area contributed by atoms with E-state index in [0.29, 0.717) is 19.2 Å². The van der Waals surface area contributed by atoms with E-state index in [-0.39, 0.29) is 6.54 Å². The standard InChI is InChI=1S/C12H15F3N2O2/c1-7(18)6-16-4-5-17-12(19)8-2-3-9(13)11(15)10(8)14/h2-3,7,16,18H,4-6H2,1H3,(H,17,19). The molecule has 0 fully saturated rings. The van der Waals surface area contributed by atoms with Gasteiger partial charge in [0.25, 0.3) is 5.91 Å². The van der Waals surface area contributed by atoms with Crippen molar-refractivity contribution in [2.75, 3.05) is 19.6 Å². The second-order valence-electron chi connectivity index (χ2n) is 4.03. The van der Waals surface area contributed by atoms with Crippen LogP contribution in [-0.4, -0.2) is 36.8 Å². The number of nitrogens with one attached hydrogen (secondary N) is 2. The Hall–Kier alpha value is -1.60. The molecule has 0 radical (unpaired) electrons. The number of aliphatic hydroxyl groups is 1. The SMILES string of the molecule is CC(O)CNCCNC(=O)c1ccc(F)c(F)c1F. The largest absolute Gasteiger partial charge is 0.392 e. The number of hydrogen-bond acceptors (Lipinski definition) is 3. The van der Waals surface area contributed by atoms with E-state index >= 15 is 0 Å². The first kappa shape index (κ1) is 15.5. The third-order valence-electron chi connectivity index (χ3n) is 2.31. The number of benzene rings is 1. The van der Waals surface area contributed by atoms with Gasteiger partial charge in [0.15, 0.2) is 17.5 Å². The maximum absolute atomic E-state index is 13.3. The molecule has 4 nitrogen and oxygen atoms in total. The summed E-state index contributed by atoms with van der Waals surface area (Å²) in [4.78, 5) is 11.5. The molecule has 1 unspecified atom stereocenters. The second kappa shape index (κ2) is 7.10. The summed E-state index contributed by atoms with van der Waals surface area (Å²) >= 11 is 0. The molecule has 0 saturated carbocycles. The van der Waals surface area contributed by atoms with Crippen LogP contribution < -0.4 is 10.6 Å². The van der Waals surface area contributed by atoms with Crippen LogP contribution in [0.15, 0.2) is 12.1 Å². The minimum Gasteiger partial charge on any atom is -0.392 e. The summed E-state index contributed by atoms with van der Waals surface area (Å²) in [6.45, 7) is 2.49. The molecule has 1 aromatic carbocycles. The average molecular weight is 276 g/mol. The smallest absolute Gasteiger partial charge is 0.254 e. The zero-order chi connectivity index (χ0) is 14.4. The van der Waals surface area contributed by atoms with E-state index in [0.717, 1.165) is 6.07 Å². The fraction of sp³-hybridized carbons (Fsp3) is 0.417. The van der Waals surface area contributed by atoms with Gasteiger partial charge in [0, 0.05) is 19.6 Å². The Morgan fingerprint density at radius 2 is 1.95 bits per heavy atom. The molecule has 0 aliphatic carbocycles. The molecule has 0 heterocycles. The van der Waals surface area contributed by atoms with Gasteiger partial charge < -0.3 is 15.7 Å². The fourth-order valence-corrected chi connectivity index (χ4v) is 1.37. The van der Waals surface area contributed by atoms with Crippen LogP contribution in [0.5, 0.6) is 0 Å². The Morgan fingerprint density at radius 3 is 2.58 bits per heavy atom. The Bertz CT molecular complexity index is 453. The van der Waals surface area contributed by atoms with Gasteiger partial charge in [-0.25, -0.2) is 13.2 Å². The Balaban J connectivity index is 2.48. The van der Waals surface area contributed by atoms with Gasteiger partial charge in [-0.2, -0.15) is 0 Å². The van der Waals surface area contributed by atoms with Crippen LogP contribution in [0.1, 0.15) is 17.3 Å². The van der Waals surface area contributed by atoms with Crippen LogP contribution in [-0.2, 0) is 0 Å². The van der Waals surface area contributed by atoms with E-state index in [9.17, 15) is 18.0 Å². The van der Waals surface area contributed by atoms with Crippen molar-refractivity contribution in [1.29, 1.82) is 0 Å². The summed E-state index contributed by atoms with van der Waals surface area (Å²) in [5.74, 6) is -5.34. The Morgan fingerprint density at radius 1 is 1.26 bits per heavy atom. The molecule has 1 aromatic rings. The van der Waals surface area contributed by atoms with Crippen molar-refractivity contribution in [3.63, 3.8) is 0 Å². The molecular weight excluding hydrogens is 261 g/mol. The fourth-order valence-electron chi connectivity index (χ4n) is 1.37. The van der Waals surface area contributed by atoms with E-state index in [1.54, 1.807) is 6.92 Å². The number of hydrogen-bond donors (Lipinski definition) is 3. The molecule has 106 valence electrons. The molecule has 0 aromatic heterocycles. The molecule has 0 bridgehead atoms. The normalized spacial score (nSPS) is 12.3. The highest BCUT2D eigenvalue weighted by Gasteiger charge is 2.18. The van der Waals surface area contributed by atoms with Crippen molar-refractivity contribution in [2.24, 2.45) is 0 Å². The molecule has 3 N–H and O–H groups in total. The topological polar surface area (TPSA) is 61.4 Å². The van der Waals surface area contributed by atoms with Gasteiger partial charge in [0.1, 0.15) is 0 Å². The van der Waals surface area contributed by atoms with Gasteiger partial charge in [0.05, 0.1) is 11.7 Å². The van der Waals surface area contributed by atoms with Gasteiger partial charge >= 0.3 is 0 Å². The number of halogens is 3. The second-order valence-corrected chi connectivity index (χ2v) is 4.03. The van der Waals surface area contributed by atoms with Crippen LogP contribution in [0, 0.1) is 17.5 Å². The lowest BCUT2D eigenvalue weighted by molar-refractivity contribution is 0.0948. The monoisotopic (exact) mass is 276 g/mol. The first-order valence-electron chi connectivity index (χ1n) is 5.74. The summed E-state index contributed by atoms with van der Waals surface area (Å²) in [6.07, 6.45) is -0.514. The van der Waals surface area contributed by atoms with Gasteiger partial charge in [-0.1, -0.05) is 0 Å². The van der Waals surface area contributed by atoms with E-state index in [1.807, 2.05) is 0 Å². The van der Waals surface area contributed by atoms with Crippen LogP contribution in [0.25, 0.3) is 0 Å². The molecule has 1 rings (SSSR count). The molecule has 1 amide bonds. The molecule has 1 atom stereocenters. The summed E-state index contributed by atoms with van der Waals surface area (Å²) < 4.78 is 38.9. The highest BCUT2D eigenvalue weighted by atomic mass is 19.2. The predicted molar refractivity (Wildman–Crippen MR) is 63.2 cm³/mol. The average Bonchev–Trinajstić information content (AvgIpc) is 2.35. The van der Waals surface area contributed by atoms with Crippen molar-refractivity contribution in [3.05, 3.63) is 35.1 Å². The van der Waals surface area contributed by atoms with Crippen LogP contribution >= 0.6 is 0 Å². The lowest BCUT2D eigenvalue weighted by Crippen LogP contribution is -2.35. The predicted octanol–water partition coefficient (Wildman–Crippen LogP) is 0.804. The van der Waals surface area contributed by atoms with Gasteiger partial charge in [-0.15, -0.1) is 0 Å². The summed E-state index contributed by atoms with van der Waals surface area (Å²) in [7, 11) is 0. The summed E-state index contributed by atoms with van der Waals surface area (Å²) in [5, 5.41) is 14.1. The lowest BCUT2D eigenvalue weighted by atomic mass is 10.2. The molecule has 0 aliphatic rings. The minimum absolute atomic E-state index is 0.171. The van der Waals surface area contributed by atoms with E-state index in [2.05, 4.69) is 10.6 Å². The third kappa shape index (κ3) is 4.53. The van der Waals surface area contributed by atoms with Crippen molar-refractivity contribution in [1.82, 2.24) is 10.6 Å². The van der Waals surface area contributed by atoms with Gasteiger partial charge in [-0.05, 0) is 19.1 Å². The zero-order valence-electron chi connectivity index (χ0n) is 10.3. The maximum Gasteiger partial charge on any atom is 0.254 e. The van der Waals surface area contributed by atoms with E-state index in [4.69, 9.17) is 5.11 Å². The number of aliphatic hydroxyl groups excluding tert-OH is 1. The first-order chi connectivity index (χ1) is 8.93. The first-order valence-corrected chi connectivity index (χ1v) is 5.74. The molecular formula is C12H15F3N2O2. The van der Waals surface area contributed by atoms with Crippen LogP contribution in [0.4, 0.5) is 13.2 Å². The maximum atomic E-state index is 13.3. The quantitative estimate of drug-likeness (QED) is 0.532. The number of carbonyl (C=O) groups excluding carboxylic acids is 1. The molecule has 0 saturated heterocycles. The summed E-state index contributed by atoms with van der Waals surface area (Å²) in [6, 6.07) is 1.57. The minimum atomic E-state index is -1.67. The number of amides is 1. The van der Waals surface area contributed by atoms with Crippen molar-refractivity contribution in [2.45, 2.75) is 13.0 Å². The van der Waals surface area contributed by atoms with Crippen molar-refractivity contribution < 1.29 is 23.1 Å². The van der Waals surface area contributed by atoms with Gasteiger partial charge in [0.2, 0.25) is 0 Å². The Labute approximate surface area is 108 Å². The molecule has 0 aliphatic heterocycles.